The van der Waals surface area contributed by atoms with Crippen molar-refractivity contribution in [1.82, 2.24) is 0 Å². The Bertz CT molecular complexity index is 2360. The number of aliphatic hydroxyl groups is 1. The number of allylic oxidation sites excluding steroid dienone is 1. The summed E-state index contributed by atoms with van der Waals surface area (Å²) < 4.78 is 21.1. The van der Waals surface area contributed by atoms with Gasteiger partial charge in [-0.25, -0.2) is 4.79 Å². The maximum Gasteiger partial charge on any atom is 0.338 e. The third-order valence-corrected chi connectivity index (χ3v) is 21.7. The van der Waals surface area contributed by atoms with Gasteiger partial charge in [0.25, 0.3) is 16.6 Å². The highest BCUT2D eigenvalue weighted by Crippen LogP contribution is 2.43. The number of carbonyl (C=O) groups is 2. The second-order valence-electron chi connectivity index (χ2n) is 17.5. The summed E-state index contributed by atoms with van der Waals surface area (Å²) in [4.78, 5) is 29.1. The van der Waals surface area contributed by atoms with E-state index < -0.39 is 63.6 Å². The highest BCUT2D eigenvalue weighted by atomic mass is 28.4. The molecule has 0 aromatic heterocycles. The Morgan fingerprint density at radius 2 is 1.07 bits per heavy atom. The van der Waals surface area contributed by atoms with Crippen LogP contribution in [-0.4, -0.2) is 58.4 Å². The summed E-state index contributed by atoms with van der Waals surface area (Å²) in [5, 5.41) is 15.2. The monoisotopic (exact) mass is 828 g/mol. The second-order valence-corrected chi connectivity index (χ2v) is 26.1. The predicted octanol–water partition coefficient (Wildman–Crippen LogP) is 6.86. The molecule has 0 heterocycles. The van der Waals surface area contributed by atoms with Gasteiger partial charge in [0, 0.05) is 11.6 Å². The first-order chi connectivity index (χ1) is 28.8. The van der Waals surface area contributed by atoms with Crippen LogP contribution in [0, 0.1) is 35.5 Å². The Kier molecular flexibility index (Phi) is 12.4. The highest BCUT2D eigenvalue weighted by molar-refractivity contribution is 7.00. The van der Waals surface area contributed by atoms with Crippen molar-refractivity contribution >= 4 is 49.1 Å². The van der Waals surface area contributed by atoms with Crippen molar-refractivity contribution < 1.29 is 28.3 Å². The summed E-state index contributed by atoms with van der Waals surface area (Å²) in [6.07, 6.45) is -2.17. The molecular formula is C52H52O6Si2. The van der Waals surface area contributed by atoms with Crippen LogP contribution >= 0.6 is 0 Å². The molecule has 6 nitrogen and oxygen atoms in total. The van der Waals surface area contributed by atoms with Crippen LogP contribution in [-0.2, 0) is 18.4 Å². The van der Waals surface area contributed by atoms with Crippen molar-refractivity contribution in [1.29, 1.82) is 0 Å². The molecule has 8 heteroatoms. The zero-order valence-electron chi connectivity index (χ0n) is 35.1. The lowest BCUT2D eigenvalue weighted by Gasteiger charge is -2.45. The zero-order chi connectivity index (χ0) is 42.5. The first kappa shape index (κ1) is 42.5. The number of hydrogen-bond donors (Lipinski definition) is 1. The normalized spacial score (nSPS) is 21.4. The topological polar surface area (TPSA) is 82.1 Å². The number of benzene rings is 5. The average Bonchev–Trinajstić information content (AvgIpc) is 3.54. The van der Waals surface area contributed by atoms with E-state index in [1.165, 1.54) is 0 Å². The summed E-state index contributed by atoms with van der Waals surface area (Å²) >= 11 is 0. The molecule has 2 aliphatic rings. The fourth-order valence-corrected chi connectivity index (χ4v) is 18.1. The van der Waals surface area contributed by atoms with E-state index in [-0.39, 0.29) is 11.6 Å². The van der Waals surface area contributed by atoms with Crippen molar-refractivity contribution in [2.24, 2.45) is 11.8 Å². The molecule has 5 atom stereocenters. The molecule has 304 valence electrons. The largest absolute Gasteiger partial charge is 0.454 e. The van der Waals surface area contributed by atoms with Crippen LogP contribution in [0.4, 0.5) is 0 Å². The Balaban J connectivity index is 1.34. The molecule has 5 aromatic carbocycles. The average molecular weight is 829 g/mol. The molecule has 0 radical (unpaired) electrons. The van der Waals surface area contributed by atoms with Crippen LogP contribution in [0.1, 0.15) is 51.9 Å². The Morgan fingerprint density at radius 3 is 1.52 bits per heavy atom. The predicted molar refractivity (Wildman–Crippen MR) is 243 cm³/mol. The number of ether oxygens (including phenoxy) is 1. The number of esters is 1. The van der Waals surface area contributed by atoms with Crippen LogP contribution < -0.4 is 20.7 Å². The SMILES string of the molecule is CC(C)(C)[Si](OC/C1=C/C#C[C@@H](O)[C@H]2C(=O)[C@H](O[Si](c3ccccc3)(c3ccccc3)C(C)(C)C)[C@@H](OC(=O)c3ccccc3)[C@@H]2C#C1)(c1ccccc1)c1ccccc1. The Hall–Kier alpha value is -5.59. The molecule has 0 aliphatic heterocycles. The van der Waals surface area contributed by atoms with Crippen LogP contribution in [0.5, 0.6) is 0 Å². The molecule has 7 rings (SSSR count). The zero-order valence-corrected chi connectivity index (χ0v) is 37.1. The third-order valence-electron chi connectivity index (χ3n) is 11.7. The highest BCUT2D eigenvalue weighted by Gasteiger charge is 2.60. The van der Waals surface area contributed by atoms with E-state index in [1.807, 2.05) is 103 Å². The lowest BCUT2D eigenvalue weighted by molar-refractivity contribution is -0.130. The van der Waals surface area contributed by atoms with Crippen molar-refractivity contribution in [2.75, 3.05) is 6.61 Å². The van der Waals surface area contributed by atoms with Gasteiger partial charge in [0.15, 0.2) is 5.78 Å². The molecule has 0 saturated heterocycles. The maximum absolute atomic E-state index is 15.1. The van der Waals surface area contributed by atoms with E-state index in [1.54, 1.807) is 30.3 Å². The minimum absolute atomic E-state index is 0.132. The third kappa shape index (κ3) is 8.15. The molecule has 0 unspecified atom stereocenters. The second kappa shape index (κ2) is 17.6. The number of carbonyl (C=O) groups excluding carboxylic acids is 2. The van der Waals surface area contributed by atoms with Crippen LogP contribution in [0.3, 0.4) is 0 Å². The fourth-order valence-electron chi connectivity index (χ4n) is 8.89. The van der Waals surface area contributed by atoms with Gasteiger partial charge in [-0.15, -0.1) is 0 Å². The van der Waals surface area contributed by atoms with E-state index in [0.717, 1.165) is 20.7 Å². The standard InChI is InChI=1S/C52H52O6Si2/c1-51(2,3)59(40-26-14-8-15-27-40,41-28-16-9-17-29-41)56-37-38-23-22-34-45(53)46-44(36-35-38)48(57-50(55)39-24-12-7-13-25-39)49(47(46)54)58-60(52(4,5)6,42-30-18-10-19-31-42)43-32-20-11-21-33-43/h7-21,23-33,44-46,48-49,53H,37H2,1-6H3/b38-23+/t44-,45-,46+,48+,49+/m1/s1. The van der Waals surface area contributed by atoms with Gasteiger partial charge in [-0.1, -0.05) is 205 Å². The Morgan fingerprint density at radius 1 is 0.633 bits per heavy atom. The van der Waals surface area contributed by atoms with Gasteiger partial charge in [-0.3, -0.25) is 4.79 Å². The lowest BCUT2D eigenvalue weighted by atomic mass is 9.89. The van der Waals surface area contributed by atoms with Gasteiger partial charge in [0.2, 0.25) is 0 Å². The molecule has 0 spiro atoms. The Labute approximate surface area is 356 Å². The quantitative estimate of drug-likeness (QED) is 0.0892. The summed E-state index contributed by atoms with van der Waals surface area (Å²) in [6, 6.07) is 49.4. The smallest absolute Gasteiger partial charge is 0.338 e. The molecule has 0 bridgehead atoms. The summed E-state index contributed by atoms with van der Waals surface area (Å²) in [6.45, 7) is 13.1. The number of hydrogen-bond acceptors (Lipinski definition) is 6. The van der Waals surface area contributed by atoms with Gasteiger partial charge >= 0.3 is 5.97 Å². The van der Waals surface area contributed by atoms with Gasteiger partial charge < -0.3 is 18.7 Å². The van der Waals surface area contributed by atoms with E-state index >= 15 is 4.79 Å². The van der Waals surface area contributed by atoms with Crippen molar-refractivity contribution in [3.8, 4) is 23.7 Å². The molecule has 60 heavy (non-hydrogen) atoms. The van der Waals surface area contributed by atoms with Gasteiger partial charge in [0.05, 0.1) is 24.0 Å². The van der Waals surface area contributed by atoms with Gasteiger partial charge in [-0.2, -0.15) is 0 Å². The van der Waals surface area contributed by atoms with Crippen molar-refractivity contribution in [2.45, 2.75) is 69.9 Å². The van der Waals surface area contributed by atoms with Crippen molar-refractivity contribution in [3.05, 3.63) is 169 Å². The first-order valence-corrected chi connectivity index (χ1v) is 24.3. The van der Waals surface area contributed by atoms with Gasteiger partial charge in [0.1, 0.15) is 18.3 Å². The lowest BCUT2D eigenvalue weighted by Crippen LogP contribution is -2.69. The van der Waals surface area contributed by atoms with E-state index in [2.05, 4.69) is 89.5 Å². The summed E-state index contributed by atoms with van der Waals surface area (Å²) in [5.41, 5.74) is 0.911. The molecular weight excluding hydrogens is 777 g/mol. The molecule has 2 aliphatic carbocycles. The fraction of sp³-hybridized carbons (Fsp3) is 0.269. The van der Waals surface area contributed by atoms with Gasteiger partial charge in [-0.05, 0) is 43.0 Å². The molecule has 1 saturated carbocycles. The molecule has 1 fully saturated rings. The number of fused-ring (bicyclic) bond motifs is 1. The minimum atomic E-state index is -3.38. The van der Waals surface area contributed by atoms with Crippen LogP contribution in [0.15, 0.2) is 163 Å². The maximum atomic E-state index is 15.1. The minimum Gasteiger partial charge on any atom is -0.454 e. The van der Waals surface area contributed by atoms with E-state index in [9.17, 15) is 9.90 Å². The number of rotatable bonds is 11. The summed E-state index contributed by atoms with van der Waals surface area (Å²) in [7, 11) is -6.35. The van der Waals surface area contributed by atoms with Crippen LogP contribution in [0.25, 0.3) is 0 Å². The summed E-state index contributed by atoms with van der Waals surface area (Å²) in [5.74, 6) is 9.53. The number of aliphatic hydroxyl groups excluding tert-OH is 1. The molecule has 1 N–H and O–H groups in total. The van der Waals surface area contributed by atoms with E-state index in [4.69, 9.17) is 13.6 Å². The number of Topliss-reactive ketones (excluding diaryl/α,β-unsaturated/α-hetero) is 1. The van der Waals surface area contributed by atoms with Crippen LogP contribution in [0.2, 0.25) is 10.1 Å². The van der Waals surface area contributed by atoms with Crippen molar-refractivity contribution in [3.63, 3.8) is 0 Å². The van der Waals surface area contributed by atoms with E-state index in [0.29, 0.717) is 11.1 Å². The first-order valence-electron chi connectivity index (χ1n) is 20.5. The molecule has 5 aromatic rings. The number of ketones is 1. The molecule has 0 amide bonds.